The lowest BCUT2D eigenvalue weighted by Gasteiger charge is -2.12. The maximum absolute atomic E-state index is 13.4. The van der Waals surface area contributed by atoms with Gasteiger partial charge in [0.05, 0.1) is 22.7 Å². The van der Waals surface area contributed by atoms with Crippen LogP contribution in [0.1, 0.15) is 15.9 Å². The van der Waals surface area contributed by atoms with Gasteiger partial charge in [-0.25, -0.2) is 9.78 Å². The summed E-state index contributed by atoms with van der Waals surface area (Å²) in [6.07, 6.45) is 1.49. The zero-order chi connectivity index (χ0) is 22.1. The average molecular weight is 562 g/mol. The summed E-state index contributed by atoms with van der Waals surface area (Å²) in [6.45, 7) is 0. The number of benzene rings is 3. The molecule has 0 bridgehead atoms. The lowest BCUT2D eigenvalue weighted by molar-refractivity contribution is 0.0697. The predicted octanol–water partition coefficient (Wildman–Crippen LogP) is 5.82. The Morgan fingerprint density at radius 3 is 2.52 bits per heavy atom. The fourth-order valence-corrected chi connectivity index (χ4v) is 4.47. The van der Waals surface area contributed by atoms with Gasteiger partial charge >= 0.3 is 5.97 Å². The minimum atomic E-state index is -1.13. The van der Waals surface area contributed by atoms with Gasteiger partial charge in [0.1, 0.15) is 0 Å². The van der Waals surface area contributed by atoms with Crippen molar-refractivity contribution in [3.63, 3.8) is 0 Å². The Kier molecular flexibility index (Phi) is 6.04. The summed E-state index contributed by atoms with van der Waals surface area (Å²) in [5.41, 5.74) is 0.965. The summed E-state index contributed by atoms with van der Waals surface area (Å²) in [5, 5.41) is 14.9. The van der Waals surface area contributed by atoms with E-state index in [1.807, 2.05) is 0 Å². The first-order valence-electron chi connectivity index (χ1n) is 8.89. The summed E-state index contributed by atoms with van der Waals surface area (Å²) in [7, 11) is 0. The number of nitrogens with zero attached hydrogens (tertiary/aromatic N) is 3. The van der Waals surface area contributed by atoms with Gasteiger partial charge < -0.3 is 5.11 Å². The van der Waals surface area contributed by atoms with Gasteiger partial charge in [-0.05, 0) is 51.8 Å². The van der Waals surface area contributed by atoms with E-state index in [0.29, 0.717) is 30.4 Å². The zero-order valence-electron chi connectivity index (χ0n) is 15.6. The van der Waals surface area contributed by atoms with Crippen molar-refractivity contribution in [3.05, 3.63) is 96.1 Å². The minimum Gasteiger partial charge on any atom is -0.478 e. The van der Waals surface area contributed by atoms with Gasteiger partial charge in [-0.2, -0.15) is 9.78 Å². The molecule has 6 nitrogen and oxygen atoms in total. The van der Waals surface area contributed by atoms with Crippen molar-refractivity contribution in [2.75, 3.05) is 0 Å². The number of carboxylic acids is 1. The van der Waals surface area contributed by atoms with Crippen molar-refractivity contribution in [2.45, 2.75) is 0 Å². The van der Waals surface area contributed by atoms with Crippen LogP contribution in [0.3, 0.4) is 0 Å². The topological polar surface area (TPSA) is 84.5 Å². The van der Waals surface area contributed by atoms with E-state index in [-0.39, 0.29) is 17.0 Å². The van der Waals surface area contributed by atoms with Crippen LogP contribution in [0.2, 0.25) is 5.02 Å². The Hall–Kier alpha value is -2.81. The molecule has 4 rings (SSSR count). The van der Waals surface area contributed by atoms with Gasteiger partial charge in [-0.3, -0.25) is 4.79 Å². The van der Waals surface area contributed by atoms with Crippen LogP contribution in [-0.2, 0) is 0 Å². The monoisotopic (exact) mass is 559 g/mol. The number of aromatic carboxylic acids is 1. The molecule has 1 N–H and O–H groups in total. The zero-order valence-corrected chi connectivity index (χ0v) is 19.5. The smallest absolute Gasteiger partial charge is 0.336 e. The number of aromatic nitrogens is 2. The highest BCUT2D eigenvalue weighted by atomic mass is 79.9. The summed E-state index contributed by atoms with van der Waals surface area (Å²) >= 11 is 12.7. The molecule has 0 aliphatic carbocycles. The molecule has 0 spiro atoms. The number of hydrogen-bond acceptors (Lipinski definition) is 4. The Labute approximate surface area is 198 Å². The summed E-state index contributed by atoms with van der Waals surface area (Å²) in [6, 6.07) is 16.7. The lowest BCUT2D eigenvalue weighted by atomic mass is 10.1. The Morgan fingerprint density at radius 1 is 1.10 bits per heavy atom. The number of halogens is 3. The third-order valence-corrected chi connectivity index (χ3v) is 5.77. The van der Waals surface area contributed by atoms with Crippen molar-refractivity contribution in [2.24, 2.45) is 5.10 Å². The summed E-state index contributed by atoms with van der Waals surface area (Å²) < 4.78 is 2.40. The van der Waals surface area contributed by atoms with Crippen molar-refractivity contribution in [1.29, 1.82) is 0 Å². The van der Waals surface area contributed by atoms with Crippen LogP contribution in [0.5, 0.6) is 0 Å². The molecule has 0 amide bonds. The molecule has 3 aromatic carbocycles. The average Bonchev–Trinajstić information content (AvgIpc) is 2.74. The quantitative estimate of drug-likeness (QED) is 0.318. The lowest BCUT2D eigenvalue weighted by Crippen LogP contribution is -2.21. The number of fused-ring (bicyclic) bond motifs is 1. The summed E-state index contributed by atoms with van der Waals surface area (Å²) in [4.78, 5) is 29.8. The largest absolute Gasteiger partial charge is 0.478 e. The van der Waals surface area contributed by atoms with Gasteiger partial charge in [0.15, 0.2) is 5.82 Å². The van der Waals surface area contributed by atoms with Crippen LogP contribution in [0.25, 0.3) is 22.3 Å². The van der Waals surface area contributed by atoms with Crippen LogP contribution >= 0.6 is 43.5 Å². The molecule has 0 aliphatic rings. The molecule has 0 unspecified atom stereocenters. The van der Waals surface area contributed by atoms with Crippen molar-refractivity contribution < 1.29 is 9.90 Å². The molecule has 154 valence electrons. The van der Waals surface area contributed by atoms with Crippen molar-refractivity contribution >= 4 is 66.5 Å². The SMILES string of the molecule is O=C(O)c1ccccc1-c1nc2c(Br)cc(Br)cc2c(=O)n1/N=C/c1ccc(Cl)cc1. The third-order valence-electron chi connectivity index (χ3n) is 4.46. The second kappa shape index (κ2) is 8.74. The first-order valence-corrected chi connectivity index (χ1v) is 10.9. The number of carbonyl (C=O) groups is 1. The van der Waals surface area contributed by atoms with Crippen LogP contribution in [0, 0.1) is 0 Å². The fraction of sp³-hybridized carbons (Fsp3) is 0. The van der Waals surface area contributed by atoms with E-state index < -0.39 is 11.5 Å². The molecule has 0 saturated carbocycles. The molecule has 9 heteroatoms. The highest BCUT2D eigenvalue weighted by molar-refractivity contribution is 9.11. The van der Waals surface area contributed by atoms with E-state index in [9.17, 15) is 14.7 Å². The standard InChI is InChI=1S/C22H12Br2ClN3O3/c23-13-9-17-19(18(24)10-13)27-20(15-3-1-2-4-16(15)22(30)31)28(21(17)29)26-11-12-5-7-14(25)8-6-12/h1-11H,(H,30,31)/b26-11+. The van der Waals surface area contributed by atoms with E-state index in [1.54, 1.807) is 54.6 Å². The number of hydrogen-bond donors (Lipinski definition) is 1. The van der Waals surface area contributed by atoms with Crippen LogP contribution in [0.15, 0.2) is 79.5 Å². The van der Waals surface area contributed by atoms with Crippen LogP contribution in [0.4, 0.5) is 0 Å². The fourth-order valence-electron chi connectivity index (χ4n) is 3.03. The maximum Gasteiger partial charge on any atom is 0.336 e. The van der Waals surface area contributed by atoms with Gasteiger partial charge in [-0.15, -0.1) is 0 Å². The highest BCUT2D eigenvalue weighted by Crippen LogP contribution is 2.29. The summed E-state index contributed by atoms with van der Waals surface area (Å²) in [5.74, 6) is -1.02. The Balaban J connectivity index is 2.04. The highest BCUT2D eigenvalue weighted by Gasteiger charge is 2.19. The van der Waals surface area contributed by atoms with E-state index in [0.717, 1.165) is 4.68 Å². The molecule has 0 saturated heterocycles. The molecule has 1 aromatic heterocycles. The molecule has 1 heterocycles. The first kappa shape index (κ1) is 21.4. The van der Waals surface area contributed by atoms with E-state index >= 15 is 0 Å². The molecule has 4 aromatic rings. The van der Waals surface area contributed by atoms with Gasteiger partial charge in [0, 0.05) is 19.5 Å². The number of rotatable bonds is 4. The van der Waals surface area contributed by atoms with Crippen molar-refractivity contribution in [3.8, 4) is 11.4 Å². The van der Waals surface area contributed by atoms with Crippen LogP contribution < -0.4 is 5.56 Å². The molecule has 0 fully saturated rings. The molecule has 0 radical (unpaired) electrons. The second-order valence-corrected chi connectivity index (χ2v) is 8.69. The molecular weight excluding hydrogens is 550 g/mol. The molecule has 0 atom stereocenters. The normalized spacial score (nSPS) is 11.3. The molecule has 31 heavy (non-hydrogen) atoms. The second-order valence-electron chi connectivity index (χ2n) is 6.48. The predicted molar refractivity (Wildman–Crippen MR) is 128 cm³/mol. The minimum absolute atomic E-state index is 0.0115. The first-order chi connectivity index (χ1) is 14.8. The van der Waals surface area contributed by atoms with Crippen molar-refractivity contribution in [1.82, 2.24) is 9.66 Å². The van der Waals surface area contributed by atoms with E-state index in [4.69, 9.17) is 11.6 Å². The van der Waals surface area contributed by atoms with Gasteiger partial charge in [0.25, 0.3) is 5.56 Å². The number of carboxylic acid groups (broad SMARTS) is 1. The third kappa shape index (κ3) is 4.32. The van der Waals surface area contributed by atoms with Gasteiger partial charge in [-0.1, -0.05) is 57.9 Å². The van der Waals surface area contributed by atoms with E-state index in [2.05, 4.69) is 41.9 Å². The maximum atomic E-state index is 13.4. The Bertz CT molecular complexity index is 1420. The molecule has 0 aliphatic heterocycles. The Morgan fingerprint density at radius 2 is 1.81 bits per heavy atom. The van der Waals surface area contributed by atoms with Gasteiger partial charge in [0.2, 0.25) is 0 Å². The van der Waals surface area contributed by atoms with E-state index in [1.165, 1.54) is 12.3 Å². The molecular formula is C22H12Br2ClN3O3. The van der Waals surface area contributed by atoms with Crippen LogP contribution in [-0.4, -0.2) is 27.0 Å².